The fraction of sp³-hybridized carbons (Fsp3) is 0.438. The molecule has 0 bridgehead atoms. The monoisotopic (exact) mass is 289 g/mol. The van der Waals surface area contributed by atoms with Gasteiger partial charge < -0.3 is 9.88 Å². The predicted molar refractivity (Wildman–Crippen MR) is 82.8 cm³/mol. The summed E-state index contributed by atoms with van der Waals surface area (Å²) >= 11 is 6.16. The Morgan fingerprint density at radius 3 is 3.00 bits per heavy atom. The van der Waals surface area contributed by atoms with Crippen LogP contribution in [0, 0.1) is 0 Å². The van der Waals surface area contributed by atoms with Crippen LogP contribution in [0.3, 0.4) is 0 Å². The molecule has 0 aliphatic heterocycles. The molecule has 1 aromatic heterocycles. The Kier molecular flexibility index (Phi) is 4.08. The van der Waals surface area contributed by atoms with Crippen molar-refractivity contribution in [2.45, 2.75) is 45.3 Å². The molecule has 1 heterocycles. The highest BCUT2D eigenvalue weighted by Crippen LogP contribution is 2.27. The average Bonchev–Trinajstić information content (AvgIpc) is 3.16. The number of halogens is 1. The first-order valence-corrected chi connectivity index (χ1v) is 7.69. The van der Waals surface area contributed by atoms with Crippen LogP contribution in [-0.2, 0) is 13.1 Å². The Hall–Kier alpha value is -1.32. The van der Waals surface area contributed by atoms with E-state index in [9.17, 15) is 0 Å². The molecule has 0 amide bonds. The number of hydrogen-bond donors (Lipinski definition) is 1. The van der Waals surface area contributed by atoms with Gasteiger partial charge in [0.25, 0.3) is 0 Å². The van der Waals surface area contributed by atoms with E-state index in [-0.39, 0.29) is 0 Å². The van der Waals surface area contributed by atoms with Crippen LogP contribution in [0.15, 0.2) is 30.6 Å². The van der Waals surface area contributed by atoms with Crippen LogP contribution in [0.25, 0.3) is 11.4 Å². The third-order valence-corrected chi connectivity index (χ3v) is 3.88. The molecular weight excluding hydrogens is 270 g/mol. The number of benzene rings is 1. The molecular formula is C16H20ClN3. The fourth-order valence-electron chi connectivity index (χ4n) is 2.44. The molecule has 3 nitrogen and oxygen atoms in total. The zero-order valence-corrected chi connectivity index (χ0v) is 12.5. The number of rotatable bonds is 6. The first kappa shape index (κ1) is 13.7. The van der Waals surface area contributed by atoms with Crippen LogP contribution < -0.4 is 5.32 Å². The van der Waals surface area contributed by atoms with E-state index in [0.29, 0.717) is 6.04 Å². The Balaban J connectivity index is 1.91. The van der Waals surface area contributed by atoms with Crippen LogP contribution in [-0.4, -0.2) is 15.6 Å². The molecule has 1 aliphatic rings. The van der Waals surface area contributed by atoms with E-state index in [1.54, 1.807) is 0 Å². The molecule has 106 valence electrons. The number of aryl methyl sites for hydroxylation is 1. The predicted octanol–water partition coefficient (Wildman–Crippen LogP) is 3.87. The normalized spacial score (nSPS) is 14.7. The largest absolute Gasteiger partial charge is 0.331 e. The topological polar surface area (TPSA) is 29.9 Å². The van der Waals surface area contributed by atoms with Crippen LogP contribution in [0.4, 0.5) is 0 Å². The van der Waals surface area contributed by atoms with Gasteiger partial charge in [0, 0.05) is 42.1 Å². The van der Waals surface area contributed by atoms with Crippen molar-refractivity contribution in [1.82, 2.24) is 14.9 Å². The van der Waals surface area contributed by atoms with Gasteiger partial charge >= 0.3 is 0 Å². The molecule has 4 heteroatoms. The van der Waals surface area contributed by atoms with Gasteiger partial charge in [0.05, 0.1) is 0 Å². The molecule has 1 fully saturated rings. The maximum absolute atomic E-state index is 6.16. The van der Waals surface area contributed by atoms with E-state index in [1.807, 2.05) is 18.5 Å². The minimum Gasteiger partial charge on any atom is -0.331 e. The zero-order valence-electron chi connectivity index (χ0n) is 11.8. The summed E-state index contributed by atoms with van der Waals surface area (Å²) in [5, 5.41) is 4.35. The van der Waals surface area contributed by atoms with E-state index < -0.39 is 0 Å². The Morgan fingerprint density at radius 2 is 2.25 bits per heavy atom. The SMILES string of the molecule is CCCn1ccnc1-c1ccc(Cl)cc1CNC1CC1. The van der Waals surface area contributed by atoms with Gasteiger partial charge in [-0.2, -0.15) is 0 Å². The number of aromatic nitrogens is 2. The smallest absolute Gasteiger partial charge is 0.140 e. The maximum Gasteiger partial charge on any atom is 0.140 e. The zero-order chi connectivity index (χ0) is 13.9. The Bertz CT molecular complexity index is 587. The second-order valence-electron chi connectivity index (χ2n) is 5.40. The van der Waals surface area contributed by atoms with Crippen molar-refractivity contribution in [1.29, 1.82) is 0 Å². The summed E-state index contributed by atoms with van der Waals surface area (Å²) in [6, 6.07) is 6.78. The summed E-state index contributed by atoms with van der Waals surface area (Å²) < 4.78 is 2.21. The van der Waals surface area contributed by atoms with Crippen LogP contribution in [0.5, 0.6) is 0 Å². The third-order valence-electron chi connectivity index (χ3n) is 3.65. The Labute approximate surface area is 125 Å². The molecule has 0 atom stereocenters. The van der Waals surface area contributed by atoms with Gasteiger partial charge in [-0.3, -0.25) is 0 Å². The van der Waals surface area contributed by atoms with E-state index >= 15 is 0 Å². The molecule has 1 aliphatic carbocycles. The van der Waals surface area contributed by atoms with Crippen molar-refractivity contribution in [3.05, 3.63) is 41.2 Å². The van der Waals surface area contributed by atoms with E-state index in [1.165, 1.54) is 24.0 Å². The maximum atomic E-state index is 6.16. The van der Waals surface area contributed by atoms with Crippen LogP contribution >= 0.6 is 11.6 Å². The van der Waals surface area contributed by atoms with Gasteiger partial charge in [0.2, 0.25) is 0 Å². The molecule has 1 saturated carbocycles. The summed E-state index contributed by atoms with van der Waals surface area (Å²) in [6.45, 7) is 4.04. The molecule has 1 aromatic carbocycles. The highest BCUT2D eigenvalue weighted by atomic mass is 35.5. The summed E-state index contributed by atoms with van der Waals surface area (Å²) in [6.07, 6.45) is 7.61. The molecule has 0 spiro atoms. The standard InChI is InChI=1S/C16H20ClN3/c1-2-8-20-9-7-18-16(20)15-6-3-13(17)10-12(15)11-19-14-4-5-14/h3,6-7,9-10,14,19H,2,4-5,8,11H2,1H3. The lowest BCUT2D eigenvalue weighted by molar-refractivity contribution is 0.676. The first-order chi connectivity index (χ1) is 9.78. The lowest BCUT2D eigenvalue weighted by Crippen LogP contribution is -2.16. The van der Waals surface area contributed by atoms with Crippen molar-refractivity contribution in [3.63, 3.8) is 0 Å². The number of nitrogens with one attached hydrogen (secondary N) is 1. The van der Waals surface area contributed by atoms with Crippen molar-refractivity contribution >= 4 is 11.6 Å². The Morgan fingerprint density at radius 1 is 1.40 bits per heavy atom. The molecule has 0 radical (unpaired) electrons. The van der Waals surface area contributed by atoms with Crippen molar-refractivity contribution in [3.8, 4) is 11.4 Å². The number of imidazole rings is 1. The minimum absolute atomic E-state index is 0.692. The second-order valence-corrected chi connectivity index (χ2v) is 5.84. The van der Waals surface area contributed by atoms with Gasteiger partial charge in [-0.15, -0.1) is 0 Å². The summed E-state index contributed by atoms with van der Waals surface area (Å²) in [5.41, 5.74) is 2.41. The minimum atomic E-state index is 0.692. The average molecular weight is 290 g/mol. The highest BCUT2D eigenvalue weighted by Gasteiger charge is 2.21. The molecule has 20 heavy (non-hydrogen) atoms. The van der Waals surface area contributed by atoms with E-state index in [4.69, 9.17) is 11.6 Å². The van der Waals surface area contributed by atoms with Gasteiger partial charge in [0.1, 0.15) is 5.82 Å². The molecule has 0 saturated heterocycles. The summed E-state index contributed by atoms with van der Waals surface area (Å²) in [5.74, 6) is 1.04. The molecule has 1 N–H and O–H groups in total. The third kappa shape index (κ3) is 3.05. The van der Waals surface area contributed by atoms with E-state index in [0.717, 1.165) is 30.4 Å². The van der Waals surface area contributed by atoms with Gasteiger partial charge in [0.15, 0.2) is 0 Å². The first-order valence-electron chi connectivity index (χ1n) is 7.31. The fourth-order valence-corrected chi connectivity index (χ4v) is 2.64. The lowest BCUT2D eigenvalue weighted by Gasteiger charge is -2.12. The second kappa shape index (κ2) is 5.98. The lowest BCUT2D eigenvalue weighted by atomic mass is 10.1. The van der Waals surface area contributed by atoms with Gasteiger partial charge in [-0.05, 0) is 43.0 Å². The quantitative estimate of drug-likeness (QED) is 0.875. The molecule has 2 aromatic rings. The van der Waals surface area contributed by atoms with Gasteiger partial charge in [-0.25, -0.2) is 4.98 Å². The highest BCUT2D eigenvalue weighted by molar-refractivity contribution is 6.30. The van der Waals surface area contributed by atoms with Crippen LogP contribution in [0.2, 0.25) is 5.02 Å². The van der Waals surface area contributed by atoms with Gasteiger partial charge in [-0.1, -0.05) is 18.5 Å². The van der Waals surface area contributed by atoms with Crippen molar-refractivity contribution in [2.24, 2.45) is 0 Å². The summed E-state index contributed by atoms with van der Waals surface area (Å²) in [7, 11) is 0. The number of nitrogens with zero attached hydrogens (tertiary/aromatic N) is 2. The molecule has 3 rings (SSSR count). The van der Waals surface area contributed by atoms with Crippen molar-refractivity contribution < 1.29 is 0 Å². The summed E-state index contributed by atoms with van der Waals surface area (Å²) in [4.78, 5) is 4.53. The van der Waals surface area contributed by atoms with Crippen molar-refractivity contribution in [2.75, 3.05) is 0 Å². The molecule has 0 unspecified atom stereocenters. The number of hydrogen-bond acceptors (Lipinski definition) is 2. The van der Waals surface area contributed by atoms with E-state index in [2.05, 4.69) is 33.9 Å². The van der Waals surface area contributed by atoms with Crippen LogP contribution in [0.1, 0.15) is 31.7 Å².